The molecule has 8 heteroatoms. The molecule has 0 aliphatic heterocycles. The highest BCUT2D eigenvalue weighted by Gasteiger charge is 2.28. The van der Waals surface area contributed by atoms with Crippen molar-refractivity contribution in [2.24, 2.45) is 5.92 Å². The van der Waals surface area contributed by atoms with Gasteiger partial charge in [-0.3, -0.25) is 9.59 Å². The fraction of sp³-hybridized carbons (Fsp3) is 0.500. The Balaban J connectivity index is 2.98. The maximum Gasteiger partial charge on any atom is 0.325 e. The number of benzene rings is 1. The van der Waals surface area contributed by atoms with Crippen molar-refractivity contribution in [3.63, 3.8) is 0 Å². The Morgan fingerprint density at radius 3 is 2.12 bits per heavy atom. The lowest BCUT2D eigenvalue weighted by atomic mass is 10.0. The Morgan fingerprint density at radius 1 is 1.12 bits per heavy atom. The van der Waals surface area contributed by atoms with Crippen molar-refractivity contribution >= 4 is 21.9 Å². The Bertz CT molecular complexity index is 683. The second kappa shape index (κ2) is 8.25. The first-order valence-electron chi connectivity index (χ1n) is 7.65. The van der Waals surface area contributed by atoms with Crippen LogP contribution in [0.5, 0.6) is 0 Å². The summed E-state index contributed by atoms with van der Waals surface area (Å²) in [5.41, 5.74) is 0.917. The summed E-state index contributed by atoms with van der Waals surface area (Å²) >= 11 is 0. The van der Waals surface area contributed by atoms with Gasteiger partial charge in [0.25, 0.3) is 0 Å². The van der Waals surface area contributed by atoms with E-state index in [4.69, 9.17) is 5.11 Å². The smallest absolute Gasteiger partial charge is 0.325 e. The molecule has 24 heavy (non-hydrogen) atoms. The summed E-state index contributed by atoms with van der Waals surface area (Å²) in [6, 6.07) is 4.11. The van der Waals surface area contributed by atoms with E-state index in [1.165, 1.54) is 19.1 Å². The van der Waals surface area contributed by atoms with Crippen molar-refractivity contribution in [1.29, 1.82) is 0 Å². The van der Waals surface area contributed by atoms with Crippen LogP contribution in [-0.2, 0) is 19.6 Å². The first-order chi connectivity index (χ1) is 11.0. The zero-order valence-corrected chi connectivity index (χ0v) is 15.1. The quantitative estimate of drug-likeness (QED) is 0.649. The second-order valence-electron chi connectivity index (χ2n) is 6.18. The number of hydrogen-bond acceptors (Lipinski definition) is 4. The Morgan fingerprint density at radius 2 is 1.67 bits per heavy atom. The number of aliphatic carboxylic acids is 1. The van der Waals surface area contributed by atoms with Crippen molar-refractivity contribution in [3.05, 3.63) is 29.8 Å². The zero-order chi connectivity index (χ0) is 18.5. The van der Waals surface area contributed by atoms with E-state index in [1.807, 2.05) is 20.8 Å². The first kappa shape index (κ1) is 20.1. The Kier molecular flexibility index (Phi) is 6.92. The molecule has 134 valence electrons. The van der Waals surface area contributed by atoms with Crippen LogP contribution in [0.1, 0.15) is 32.8 Å². The normalized spacial score (nSPS) is 14.2. The predicted molar refractivity (Wildman–Crippen MR) is 90.0 cm³/mol. The largest absolute Gasteiger partial charge is 0.480 e. The number of hydrogen-bond donors (Lipinski definition) is 3. The molecule has 0 aliphatic carbocycles. The molecule has 0 aliphatic rings. The topological polar surface area (TPSA) is 113 Å². The molecule has 0 aromatic heterocycles. The number of amides is 1. The van der Waals surface area contributed by atoms with Gasteiger partial charge in [0.2, 0.25) is 15.9 Å². The molecule has 1 aromatic carbocycles. The van der Waals surface area contributed by atoms with Gasteiger partial charge in [0.1, 0.15) is 12.1 Å². The lowest BCUT2D eigenvalue weighted by molar-refractivity contribution is -0.141. The van der Waals surface area contributed by atoms with E-state index in [-0.39, 0.29) is 17.2 Å². The van der Waals surface area contributed by atoms with E-state index >= 15 is 0 Å². The molecular weight excluding hydrogens is 332 g/mol. The highest BCUT2D eigenvalue weighted by Crippen LogP contribution is 2.13. The number of aryl methyl sites for hydroxylation is 1. The van der Waals surface area contributed by atoms with Crippen LogP contribution < -0.4 is 10.0 Å². The summed E-state index contributed by atoms with van der Waals surface area (Å²) in [4.78, 5) is 23.2. The number of nitrogens with one attached hydrogen (secondary N) is 2. The van der Waals surface area contributed by atoms with E-state index < -0.39 is 34.0 Å². The van der Waals surface area contributed by atoms with E-state index in [9.17, 15) is 18.0 Å². The van der Waals surface area contributed by atoms with E-state index in [2.05, 4.69) is 10.0 Å². The van der Waals surface area contributed by atoms with Crippen molar-refractivity contribution in [3.8, 4) is 0 Å². The van der Waals surface area contributed by atoms with Crippen LogP contribution in [0.2, 0.25) is 0 Å². The van der Waals surface area contributed by atoms with Gasteiger partial charge < -0.3 is 10.4 Å². The van der Waals surface area contributed by atoms with Crippen LogP contribution in [0.15, 0.2) is 29.2 Å². The molecule has 0 heterocycles. The minimum absolute atomic E-state index is 0.0431. The lowest BCUT2D eigenvalue weighted by Gasteiger charge is -2.21. The van der Waals surface area contributed by atoms with Crippen molar-refractivity contribution < 1.29 is 23.1 Å². The molecule has 2 atom stereocenters. The highest BCUT2D eigenvalue weighted by molar-refractivity contribution is 7.89. The molecule has 0 saturated heterocycles. The molecule has 0 fully saturated rings. The molecule has 1 amide bonds. The number of carboxylic acid groups (broad SMARTS) is 1. The fourth-order valence-corrected chi connectivity index (χ4v) is 3.24. The summed E-state index contributed by atoms with van der Waals surface area (Å²) in [5, 5.41) is 11.2. The molecule has 7 nitrogen and oxygen atoms in total. The maximum atomic E-state index is 12.5. The van der Waals surface area contributed by atoms with E-state index in [0.717, 1.165) is 5.56 Å². The minimum Gasteiger partial charge on any atom is -0.480 e. The molecule has 0 radical (unpaired) electrons. The van der Waals surface area contributed by atoms with Gasteiger partial charge in [-0.2, -0.15) is 4.72 Å². The van der Waals surface area contributed by atoms with Crippen LogP contribution >= 0.6 is 0 Å². The second-order valence-corrected chi connectivity index (χ2v) is 7.90. The number of carbonyl (C=O) groups excluding carboxylic acids is 1. The lowest BCUT2D eigenvalue weighted by Crippen LogP contribution is -2.51. The summed E-state index contributed by atoms with van der Waals surface area (Å²) in [6.45, 7) is 6.86. The average molecular weight is 356 g/mol. The van der Waals surface area contributed by atoms with E-state index in [0.29, 0.717) is 0 Å². The van der Waals surface area contributed by atoms with Crippen LogP contribution in [0.4, 0.5) is 0 Å². The molecule has 3 N–H and O–H groups in total. The SMILES string of the molecule is Cc1ccc(S(=O)(=O)NC(CC(C)C)C(=O)N[C@@H](C)C(=O)O)cc1. The zero-order valence-electron chi connectivity index (χ0n) is 14.2. The molecule has 0 spiro atoms. The Labute approximate surface area is 142 Å². The van der Waals surface area contributed by atoms with Gasteiger partial charge in [-0.1, -0.05) is 31.5 Å². The summed E-state index contributed by atoms with van der Waals surface area (Å²) < 4.78 is 27.3. The van der Waals surface area contributed by atoms with Gasteiger partial charge in [-0.15, -0.1) is 0 Å². The third-order valence-corrected chi connectivity index (χ3v) is 4.87. The maximum absolute atomic E-state index is 12.5. The minimum atomic E-state index is -3.88. The number of rotatable bonds is 8. The third kappa shape index (κ3) is 5.93. The average Bonchev–Trinajstić information content (AvgIpc) is 2.46. The van der Waals surface area contributed by atoms with E-state index in [1.54, 1.807) is 12.1 Å². The number of sulfonamides is 1. The molecule has 0 bridgehead atoms. The third-order valence-electron chi connectivity index (χ3n) is 3.38. The fourth-order valence-electron chi connectivity index (χ4n) is 2.03. The van der Waals surface area contributed by atoms with Gasteiger partial charge in [-0.05, 0) is 38.3 Å². The van der Waals surface area contributed by atoms with Crippen LogP contribution in [-0.4, -0.2) is 37.5 Å². The van der Waals surface area contributed by atoms with Crippen LogP contribution in [0, 0.1) is 12.8 Å². The molecule has 1 aromatic rings. The van der Waals surface area contributed by atoms with Gasteiger partial charge in [0, 0.05) is 0 Å². The Hall–Kier alpha value is -1.93. The summed E-state index contributed by atoms with van der Waals surface area (Å²) in [7, 11) is -3.88. The molecular formula is C16H24N2O5S. The van der Waals surface area contributed by atoms with Gasteiger partial charge in [0.15, 0.2) is 0 Å². The number of carbonyl (C=O) groups is 2. The van der Waals surface area contributed by atoms with Gasteiger partial charge >= 0.3 is 5.97 Å². The van der Waals surface area contributed by atoms with Crippen LogP contribution in [0.3, 0.4) is 0 Å². The van der Waals surface area contributed by atoms with Crippen molar-refractivity contribution in [2.45, 2.75) is 51.1 Å². The van der Waals surface area contributed by atoms with Crippen LogP contribution in [0.25, 0.3) is 0 Å². The molecule has 0 saturated carbocycles. The van der Waals surface area contributed by atoms with Crippen molar-refractivity contribution in [2.75, 3.05) is 0 Å². The summed E-state index contributed by atoms with van der Waals surface area (Å²) in [6.07, 6.45) is 0.253. The molecule has 1 unspecified atom stereocenters. The first-order valence-corrected chi connectivity index (χ1v) is 9.13. The molecule has 1 rings (SSSR count). The monoisotopic (exact) mass is 356 g/mol. The van der Waals surface area contributed by atoms with Crippen molar-refractivity contribution in [1.82, 2.24) is 10.0 Å². The standard InChI is InChI=1S/C16H24N2O5S/c1-10(2)9-14(15(19)17-12(4)16(20)21)18-24(22,23)13-7-5-11(3)6-8-13/h5-8,10,12,14,18H,9H2,1-4H3,(H,17,19)(H,20,21)/t12-,14?/m0/s1. The van der Waals surface area contributed by atoms with Gasteiger partial charge in [0.05, 0.1) is 4.90 Å². The number of carboxylic acids is 1. The van der Waals surface area contributed by atoms with Gasteiger partial charge in [-0.25, -0.2) is 8.42 Å². The highest BCUT2D eigenvalue weighted by atomic mass is 32.2. The summed E-state index contributed by atoms with van der Waals surface area (Å²) in [5.74, 6) is -1.80. The predicted octanol–water partition coefficient (Wildman–Crippen LogP) is 1.28.